The van der Waals surface area contributed by atoms with Gasteiger partial charge in [0.2, 0.25) is 0 Å². The normalized spacial score (nSPS) is 18.5. The first-order chi connectivity index (χ1) is 10.0. The summed E-state index contributed by atoms with van der Waals surface area (Å²) in [6.07, 6.45) is 1.86. The molecule has 1 heterocycles. The summed E-state index contributed by atoms with van der Waals surface area (Å²) in [7, 11) is -2.85. The molecule has 1 aromatic rings. The van der Waals surface area contributed by atoms with Gasteiger partial charge in [-0.3, -0.25) is 0 Å². The van der Waals surface area contributed by atoms with Crippen LogP contribution in [0.2, 0.25) is 0 Å². The molecule has 1 aromatic carbocycles. The van der Waals surface area contributed by atoms with E-state index in [1.54, 1.807) is 0 Å². The van der Waals surface area contributed by atoms with Crippen LogP contribution < -0.4 is 10.2 Å². The highest BCUT2D eigenvalue weighted by Gasteiger charge is 2.19. The van der Waals surface area contributed by atoms with Crippen molar-refractivity contribution in [1.82, 2.24) is 5.32 Å². The lowest BCUT2D eigenvalue weighted by Gasteiger charge is -2.23. The highest BCUT2D eigenvalue weighted by Crippen LogP contribution is 2.21. The maximum Gasteiger partial charge on any atom is 0.152 e. The number of rotatable bonds is 5. The van der Waals surface area contributed by atoms with E-state index in [0.717, 1.165) is 38.2 Å². The Labute approximate surface area is 128 Å². The van der Waals surface area contributed by atoms with Crippen LogP contribution in [-0.2, 0) is 16.4 Å². The average Bonchev–Trinajstić information content (AvgIpc) is 2.62. The largest absolute Gasteiger partial charge is 0.370 e. The second-order valence-electron chi connectivity index (χ2n) is 5.78. The van der Waals surface area contributed by atoms with Crippen molar-refractivity contribution in [2.24, 2.45) is 0 Å². The van der Waals surface area contributed by atoms with Gasteiger partial charge in [0.25, 0.3) is 0 Å². The maximum absolute atomic E-state index is 11.7. The van der Waals surface area contributed by atoms with Crippen LogP contribution >= 0.6 is 0 Å². The second-order valence-corrected chi connectivity index (χ2v) is 8.08. The first-order valence-electron chi connectivity index (χ1n) is 7.77. The number of hydrogen-bond acceptors (Lipinski definition) is 4. The smallest absolute Gasteiger partial charge is 0.152 e. The number of nitrogens with one attached hydrogen (secondary N) is 1. The Balaban J connectivity index is 2.05. The molecule has 2 rings (SSSR count). The van der Waals surface area contributed by atoms with Crippen molar-refractivity contribution < 1.29 is 8.42 Å². The lowest BCUT2D eigenvalue weighted by atomic mass is 10.1. The van der Waals surface area contributed by atoms with Gasteiger partial charge in [-0.15, -0.1) is 0 Å². The maximum atomic E-state index is 11.7. The van der Waals surface area contributed by atoms with Crippen molar-refractivity contribution in [3.63, 3.8) is 0 Å². The Kier molecular flexibility index (Phi) is 5.65. The molecule has 0 spiro atoms. The van der Waals surface area contributed by atoms with E-state index in [0.29, 0.717) is 12.3 Å². The SMILES string of the molecule is CCCNCc1ccc(N2CCCS(=O)(=O)CC2)cc1C. The molecule has 1 aliphatic heterocycles. The van der Waals surface area contributed by atoms with Crippen LogP contribution in [0.3, 0.4) is 0 Å². The van der Waals surface area contributed by atoms with Gasteiger partial charge in [-0.1, -0.05) is 13.0 Å². The molecule has 1 fully saturated rings. The number of hydrogen-bond donors (Lipinski definition) is 1. The van der Waals surface area contributed by atoms with Gasteiger partial charge in [0.15, 0.2) is 9.84 Å². The molecule has 0 aromatic heterocycles. The fourth-order valence-corrected chi connectivity index (χ4v) is 3.94. The molecule has 1 saturated heterocycles. The van der Waals surface area contributed by atoms with Crippen molar-refractivity contribution in [1.29, 1.82) is 0 Å². The van der Waals surface area contributed by atoms with Crippen LogP contribution in [0, 0.1) is 6.92 Å². The Morgan fingerprint density at radius 1 is 1.24 bits per heavy atom. The molecular weight excluding hydrogens is 284 g/mol. The zero-order valence-corrected chi connectivity index (χ0v) is 13.9. The summed E-state index contributed by atoms with van der Waals surface area (Å²) in [6, 6.07) is 6.46. The first-order valence-corrected chi connectivity index (χ1v) is 9.59. The van der Waals surface area contributed by atoms with Crippen molar-refractivity contribution >= 4 is 15.5 Å². The molecule has 0 radical (unpaired) electrons. The summed E-state index contributed by atoms with van der Waals surface area (Å²) < 4.78 is 23.4. The Hall–Kier alpha value is -1.07. The van der Waals surface area contributed by atoms with E-state index in [2.05, 4.69) is 42.3 Å². The fraction of sp³-hybridized carbons (Fsp3) is 0.625. The Bertz CT molecular complexity index is 570. The summed E-state index contributed by atoms with van der Waals surface area (Å²) in [5.41, 5.74) is 3.72. The summed E-state index contributed by atoms with van der Waals surface area (Å²) in [6.45, 7) is 7.65. The van der Waals surface area contributed by atoms with Crippen LogP contribution in [0.1, 0.15) is 30.9 Å². The minimum absolute atomic E-state index is 0.270. The zero-order valence-electron chi connectivity index (χ0n) is 13.1. The molecule has 0 atom stereocenters. The van der Waals surface area contributed by atoms with Gasteiger partial charge < -0.3 is 10.2 Å². The topological polar surface area (TPSA) is 49.4 Å². The molecule has 0 aliphatic carbocycles. The van der Waals surface area contributed by atoms with Gasteiger partial charge in [0.1, 0.15) is 0 Å². The minimum Gasteiger partial charge on any atom is -0.370 e. The van der Waals surface area contributed by atoms with Gasteiger partial charge >= 0.3 is 0 Å². The van der Waals surface area contributed by atoms with Crippen LogP contribution in [0.4, 0.5) is 5.69 Å². The molecule has 4 nitrogen and oxygen atoms in total. The summed E-state index contributed by atoms with van der Waals surface area (Å²) in [5.74, 6) is 0.591. The van der Waals surface area contributed by atoms with Crippen LogP contribution in [0.5, 0.6) is 0 Å². The summed E-state index contributed by atoms with van der Waals surface area (Å²) in [4.78, 5) is 2.20. The molecule has 118 valence electrons. The van der Waals surface area contributed by atoms with E-state index in [4.69, 9.17) is 0 Å². The Morgan fingerprint density at radius 3 is 2.76 bits per heavy atom. The molecule has 1 N–H and O–H groups in total. The number of anilines is 1. The molecule has 0 bridgehead atoms. The van der Waals surface area contributed by atoms with Crippen molar-refractivity contribution in [2.75, 3.05) is 36.0 Å². The van der Waals surface area contributed by atoms with Crippen LogP contribution in [-0.4, -0.2) is 39.6 Å². The third kappa shape index (κ3) is 4.71. The van der Waals surface area contributed by atoms with E-state index in [1.165, 1.54) is 11.1 Å². The number of sulfone groups is 1. The number of aryl methyl sites for hydroxylation is 1. The third-order valence-electron chi connectivity index (χ3n) is 3.99. The number of benzene rings is 1. The van der Waals surface area contributed by atoms with Gasteiger partial charge in [0.05, 0.1) is 11.5 Å². The van der Waals surface area contributed by atoms with Gasteiger partial charge in [-0.2, -0.15) is 0 Å². The standard InChI is InChI=1S/C16H26N2O2S/c1-3-7-17-13-15-5-6-16(12-14(15)2)18-8-4-10-21(19,20)11-9-18/h5-6,12,17H,3-4,7-11,13H2,1-2H3. The molecule has 0 amide bonds. The van der Waals surface area contributed by atoms with E-state index < -0.39 is 9.84 Å². The van der Waals surface area contributed by atoms with Gasteiger partial charge in [-0.25, -0.2) is 8.42 Å². The van der Waals surface area contributed by atoms with Crippen molar-refractivity contribution in [3.8, 4) is 0 Å². The number of nitrogens with zero attached hydrogens (tertiary/aromatic N) is 1. The van der Waals surface area contributed by atoms with E-state index in [1.807, 2.05) is 0 Å². The zero-order chi connectivity index (χ0) is 15.3. The Morgan fingerprint density at radius 2 is 2.05 bits per heavy atom. The molecule has 0 saturated carbocycles. The summed E-state index contributed by atoms with van der Waals surface area (Å²) >= 11 is 0. The van der Waals surface area contributed by atoms with E-state index in [-0.39, 0.29) is 5.75 Å². The lowest BCUT2D eigenvalue weighted by Crippen LogP contribution is -2.26. The fourth-order valence-electron chi connectivity index (χ4n) is 2.67. The van der Waals surface area contributed by atoms with E-state index in [9.17, 15) is 8.42 Å². The van der Waals surface area contributed by atoms with Crippen LogP contribution in [0.15, 0.2) is 18.2 Å². The van der Waals surface area contributed by atoms with E-state index >= 15 is 0 Å². The first kappa shape index (κ1) is 16.3. The lowest BCUT2D eigenvalue weighted by molar-refractivity contribution is 0.597. The third-order valence-corrected chi connectivity index (χ3v) is 5.70. The highest BCUT2D eigenvalue weighted by atomic mass is 32.2. The predicted molar refractivity (Wildman–Crippen MR) is 88.7 cm³/mol. The quantitative estimate of drug-likeness (QED) is 0.846. The van der Waals surface area contributed by atoms with Crippen molar-refractivity contribution in [3.05, 3.63) is 29.3 Å². The predicted octanol–water partition coefficient (Wildman–Crippen LogP) is 2.12. The molecule has 0 unspecified atom stereocenters. The molecule has 5 heteroatoms. The molecular formula is C16H26N2O2S. The monoisotopic (exact) mass is 310 g/mol. The summed E-state index contributed by atoms with van der Waals surface area (Å²) in [5, 5.41) is 3.42. The minimum atomic E-state index is -2.85. The average molecular weight is 310 g/mol. The second kappa shape index (κ2) is 7.27. The van der Waals surface area contributed by atoms with Crippen molar-refractivity contribution in [2.45, 2.75) is 33.2 Å². The highest BCUT2D eigenvalue weighted by molar-refractivity contribution is 7.91. The molecule has 1 aliphatic rings. The van der Waals surface area contributed by atoms with Gasteiger partial charge in [0, 0.05) is 25.3 Å². The molecule has 21 heavy (non-hydrogen) atoms. The van der Waals surface area contributed by atoms with Crippen LogP contribution in [0.25, 0.3) is 0 Å². The van der Waals surface area contributed by atoms with Gasteiger partial charge in [-0.05, 0) is 49.6 Å².